The molecule has 2 fully saturated rings. The van der Waals surface area contributed by atoms with E-state index >= 15 is 0 Å². The molecule has 8 heteroatoms. The van der Waals surface area contributed by atoms with Crippen molar-refractivity contribution in [3.05, 3.63) is 18.0 Å². The molecular formula is C17H30N4O3S. The highest BCUT2D eigenvalue weighted by molar-refractivity contribution is 7.88. The van der Waals surface area contributed by atoms with Crippen LogP contribution in [0, 0.1) is 11.3 Å². The van der Waals surface area contributed by atoms with Gasteiger partial charge in [0.1, 0.15) is 0 Å². The number of hydrogen-bond donors (Lipinski definition) is 0. The third-order valence-electron chi connectivity index (χ3n) is 5.89. The molecule has 0 amide bonds. The second-order valence-electron chi connectivity index (χ2n) is 7.55. The highest BCUT2D eigenvalue weighted by Gasteiger charge is 2.49. The van der Waals surface area contributed by atoms with E-state index in [0.717, 1.165) is 39.0 Å². The molecule has 0 aliphatic carbocycles. The van der Waals surface area contributed by atoms with Gasteiger partial charge >= 0.3 is 0 Å². The van der Waals surface area contributed by atoms with Gasteiger partial charge in [-0.25, -0.2) is 12.7 Å². The van der Waals surface area contributed by atoms with Crippen molar-refractivity contribution < 1.29 is 13.2 Å². The average molecular weight is 371 g/mol. The summed E-state index contributed by atoms with van der Waals surface area (Å²) in [6.07, 6.45) is 7.42. The Morgan fingerprint density at radius 2 is 2.08 bits per heavy atom. The maximum Gasteiger partial charge on any atom is 0.211 e. The zero-order valence-electron chi connectivity index (χ0n) is 15.5. The SMILES string of the molecule is CCn1cc(CN2CCC3(CC2)CN(S(C)(=O)=O)C[C@H]3COC)cn1. The molecule has 0 saturated carbocycles. The van der Waals surface area contributed by atoms with E-state index in [1.54, 1.807) is 11.4 Å². The molecule has 0 bridgehead atoms. The fourth-order valence-corrected chi connectivity index (χ4v) is 5.25. The monoisotopic (exact) mass is 370 g/mol. The Labute approximate surface area is 151 Å². The van der Waals surface area contributed by atoms with Gasteiger partial charge in [-0.1, -0.05) is 0 Å². The van der Waals surface area contributed by atoms with E-state index in [0.29, 0.717) is 19.7 Å². The highest BCUT2D eigenvalue weighted by atomic mass is 32.2. The maximum absolute atomic E-state index is 12.0. The number of sulfonamides is 1. The van der Waals surface area contributed by atoms with Gasteiger partial charge in [0.05, 0.1) is 19.1 Å². The van der Waals surface area contributed by atoms with Crippen molar-refractivity contribution >= 4 is 10.0 Å². The fraction of sp³-hybridized carbons (Fsp3) is 0.824. The normalized spacial score (nSPS) is 25.0. The van der Waals surface area contributed by atoms with Crippen LogP contribution in [0.2, 0.25) is 0 Å². The lowest BCUT2D eigenvalue weighted by Gasteiger charge is -2.42. The Bertz CT molecular complexity index is 680. The predicted molar refractivity (Wildman–Crippen MR) is 96.6 cm³/mol. The third-order valence-corrected chi connectivity index (χ3v) is 7.10. The van der Waals surface area contributed by atoms with E-state index in [4.69, 9.17) is 4.74 Å². The van der Waals surface area contributed by atoms with Gasteiger partial charge in [-0.15, -0.1) is 0 Å². The van der Waals surface area contributed by atoms with Gasteiger partial charge in [-0.05, 0) is 38.3 Å². The number of hydrogen-bond acceptors (Lipinski definition) is 5. The van der Waals surface area contributed by atoms with Crippen LogP contribution in [0.1, 0.15) is 25.3 Å². The lowest BCUT2D eigenvalue weighted by atomic mass is 9.71. The third kappa shape index (κ3) is 4.07. The summed E-state index contributed by atoms with van der Waals surface area (Å²) >= 11 is 0. The van der Waals surface area contributed by atoms with Crippen molar-refractivity contribution in [2.24, 2.45) is 11.3 Å². The minimum absolute atomic E-state index is 0.0587. The molecule has 142 valence electrons. The molecule has 0 radical (unpaired) electrons. The maximum atomic E-state index is 12.0. The number of aryl methyl sites for hydroxylation is 1. The van der Waals surface area contributed by atoms with Gasteiger partial charge in [0.25, 0.3) is 0 Å². The Balaban J connectivity index is 1.64. The zero-order valence-corrected chi connectivity index (χ0v) is 16.3. The van der Waals surface area contributed by atoms with E-state index in [1.165, 1.54) is 11.8 Å². The first-order valence-corrected chi connectivity index (χ1v) is 10.9. The molecule has 2 saturated heterocycles. The van der Waals surface area contributed by atoms with E-state index in [9.17, 15) is 8.42 Å². The molecule has 1 atom stereocenters. The lowest BCUT2D eigenvalue weighted by molar-refractivity contribution is 0.0357. The number of methoxy groups -OCH3 is 1. The molecule has 3 rings (SSSR count). The molecule has 3 heterocycles. The summed E-state index contributed by atoms with van der Waals surface area (Å²) in [6, 6.07) is 0. The van der Waals surface area contributed by atoms with Crippen LogP contribution in [0.3, 0.4) is 0 Å². The molecule has 1 aromatic rings. The molecule has 1 aromatic heterocycles. The average Bonchev–Trinajstić information content (AvgIpc) is 3.15. The predicted octanol–water partition coefficient (Wildman–Crippen LogP) is 1.02. The molecule has 1 spiro atoms. The van der Waals surface area contributed by atoms with Crippen molar-refractivity contribution in [1.29, 1.82) is 0 Å². The van der Waals surface area contributed by atoms with Crippen LogP contribution in [0.4, 0.5) is 0 Å². The molecule has 2 aliphatic heterocycles. The largest absolute Gasteiger partial charge is 0.384 e. The van der Waals surface area contributed by atoms with E-state index < -0.39 is 10.0 Å². The summed E-state index contributed by atoms with van der Waals surface area (Å²) < 4.78 is 33.0. The number of rotatable bonds is 6. The van der Waals surface area contributed by atoms with Gasteiger partial charge in [0, 0.05) is 51.0 Å². The van der Waals surface area contributed by atoms with Gasteiger partial charge in [-0.2, -0.15) is 5.10 Å². The minimum atomic E-state index is -3.14. The van der Waals surface area contributed by atoms with Crippen molar-refractivity contribution in [3.63, 3.8) is 0 Å². The van der Waals surface area contributed by atoms with Gasteiger partial charge in [-0.3, -0.25) is 9.58 Å². The Kier molecular flexibility index (Phi) is 5.53. The van der Waals surface area contributed by atoms with E-state index in [1.807, 2.05) is 10.9 Å². The quantitative estimate of drug-likeness (QED) is 0.748. The van der Waals surface area contributed by atoms with Crippen LogP contribution in [0.15, 0.2) is 12.4 Å². The van der Waals surface area contributed by atoms with E-state index in [2.05, 4.69) is 23.1 Å². The first-order chi connectivity index (χ1) is 11.9. The van der Waals surface area contributed by atoms with Crippen LogP contribution < -0.4 is 0 Å². The Morgan fingerprint density at radius 1 is 1.36 bits per heavy atom. The van der Waals surface area contributed by atoms with Gasteiger partial charge in [0.15, 0.2) is 0 Å². The smallest absolute Gasteiger partial charge is 0.211 e. The van der Waals surface area contributed by atoms with Crippen molar-refractivity contribution in [1.82, 2.24) is 19.0 Å². The fourth-order valence-electron chi connectivity index (χ4n) is 4.31. The van der Waals surface area contributed by atoms with Crippen LogP contribution in [0.5, 0.6) is 0 Å². The van der Waals surface area contributed by atoms with E-state index in [-0.39, 0.29) is 11.3 Å². The number of likely N-dealkylation sites (tertiary alicyclic amines) is 1. The Hall–Kier alpha value is -0.960. The second-order valence-corrected chi connectivity index (χ2v) is 9.53. The number of aromatic nitrogens is 2. The number of ether oxygens (including phenoxy) is 1. The number of nitrogens with zero attached hydrogens (tertiary/aromatic N) is 4. The summed E-state index contributed by atoms with van der Waals surface area (Å²) in [5.74, 6) is 0.289. The van der Waals surface area contributed by atoms with Crippen molar-refractivity contribution in [2.75, 3.05) is 46.2 Å². The van der Waals surface area contributed by atoms with Crippen molar-refractivity contribution in [2.45, 2.75) is 32.9 Å². The van der Waals surface area contributed by atoms with Gasteiger partial charge in [0.2, 0.25) is 10.0 Å². The summed E-state index contributed by atoms with van der Waals surface area (Å²) in [5.41, 5.74) is 1.30. The van der Waals surface area contributed by atoms with Gasteiger partial charge < -0.3 is 4.74 Å². The van der Waals surface area contributed by atoms with Crippen LogP contribution in [-0.2, 0) is 27.8 Å². The number of piperidine rings is 1. The molecule has 0 N–H and O–H groups in total. The summed E-state index contributed by atoms with van der Waals surface area (Å²) in [7, 11) is -1.43. The molecule has 0 unspecified atom stereocenters. The van der Waals surface area contributed by atoms with Crippen LogP contribution in [-0.4, -0.2) is 73.6 Å². The highest BCUT2D eigenvalue weighted by Crippen LogP contribution is 2.45. The summed E-state index contributed by atoms with van der Waals surface area (Å²) in [5, 5.41) is 4.34. The first kappa shape index (κ1) is 18.8. The van der Waals surface area contributed by atoms with Crippen molar-refractivity contribution in [3.8, 4) is 0 Å². The topological polar surface area (TPSA) is 67.7 Å². The lowest BCUT2D eigenvalue weighted by Crippen LogP contribution is -2.45. The summed E-state index contributed by atoms with van der Waals surface area (Å²) in [4.78, 5) is 2.45. The molecule has 25 heavy (non-hydrogen) atoms. The Morgan fingerprint density at radius 3 is 2.64 bits per heavy atom. The zero-order chi connectivity index (χ0) is 18.1. The molecule has 7 nitrogen and oxygen atoms in total. The first-order valence-electron chi connectivity index (χ1n) is 9.04. The summed E-state index contributed by atoms with van der Waals surface area (Å²) in [6.45, 7) is 7.76. The second kappa shape index (κ2) is 7.34. The minimum Gasteiger partial charge on any atom is -0.384 e. The van der Waals surface area contributed by atoms with Crippen LogP contribution >= 0.6 is 0 Å². The van der Waals surface area contributed by atoms with Crippen LogP contribution in [0.25, 0.3) is 0 Å². The molecule has 0 aromatic carbocycles. The standard InChI is InChI=1S/C17H30N4O3S/c1-4-20-11-15(9-18-20)10-19-7-5-17(6-8-19)14-21(25(3,22)23)12-16(17)13-24-2/h9,11,16H,4-8,10,12-14H2,1-3H3/t16-/m0/s1. The molecule has 2 aliphatic rings. The molecular weight excluding hydrogens is 340 g/mol.